The number of alkyl halides is 4. The van der Waals surface area contributed by atoms with Gasteiger partial charge in [-0.15, -0.1) is 11.6 Å². The summed E-state index contributed by atoms with van der Waals surface area (Å²) in [7, 11) is 0. The van der Waals surface area contributed by atoms with E-state index in [4.69, 9.17) is 23.2 Å². The number of carbonyl (C=O) groups excluding carboxylic acids is 2. The second kappa shape index (κ2) is 13.3. The number of hydrogen-bond donors (Lipinski definition) is 1. The Morgan fingerprint density at radius 2 is 1.97 bits per heavy atom. The van der Waals surface area contributed by atoms with E-state index in [1.807, 2.05) is 0 Å². The van der Waals surface area contributed by atoms with Crippen molar-refractivity contribution in [2.24, 2.45) is 15.5 Å². The van der Waals surface area contributed by atoms with Crippen LogP contribution in [0.5, 0.6) is 0 Å². The molecule has 0 unspecified atom stereocenters. The Morgan fingerprint density at radius 3 is 2.56 bits per heavy atom. The van der Waals surface area contributed by atoms with Gasteiger partial charge in [-0.3, -0.25) is 9.79 Å². The summed E-state index contributed by atoms with van der Waals surface area (Å²) in [6.45, 7) is 8.55. The zero-order valence-corrected chi connectivity index (χ0v) is 20.6. The number of amides is 2. The van der Waals surface area contributed by atoms with E-state index < -0.39 is 23.3 Å². The number of aliphatic imine (C=N–C) groups is 1. The molecule has 1 aliphatic heterocycles. The van der Waals surface area contributed by atoms with E-state index in [2.05, 4.69) is 22.0 Å². The van der Waals surface area contributed by atoms with E-state index in [0.29, 0.717) is 17.0 Å². The highest BCUT2D eigenvalue weighted by atomic mass is 35.5. The second-order valence-electron chi connectivity index (χ2n) is 8.15. The van der Waals surface area contributed by atoms with Crippen molar-refractivity contribution in [1.29, 1.82) is 0 Å². The molecule has 1 rings (SSSR count). The Labute approximate surface area is 207 Å². The first-order valence-corrected chi connectivity index (χ1v) is 11.1. The minimum atomic E-state index is -4.61. The quantitative estimate of drug-likeness (QED) is 0.169. The third kappa shape index (κ3) is 11.0. The highest BCUT2D eigenvalue weighted by Crippen LogP contribution is 2.27. The van der Waals surface area contributed by atoms with E-state index >= 15 is 0 Å². The van der Waals surface area contributed by atoms with Crippen molar-refractivity contribution in [3.8, 4) is 0 Å². The van der Waals surface area contributed by atoms with Crippen LogP contribution in [0.2, 0.25) is 0 Å². The van der Waals surface area contributed by atoms with E-state index in [1.54, 1.807) is 39.0 Å². The number of hydrazone groups is 1. The Balaban J connectivity index is 3.00. The molecule has 0 bridgehead atoms. The van der Waals surface area contributed by atoms with Crippen LogP contribution in [0.15, 0.2) is 69.1 Å². The zero-order valence-electron chi connectivity index (χ0n) is 19.1. The van der Waals surface area contributed by atoms with E-state index in [-0.39, 0.29) is 30.3 Å². The van der Waals surface area contributed by atoms with Crippen LogP contribution >= 0.6 is 23.2 Å². The lowest BCUT2D eigenvalue weighted by Gasteiger charge is -2.22. The van der Waals surface area contributed by atoms with Crippen LogP contribution in [-0.2, 0) is 4.79 Å². The lowest BCUT2D eigenvalue weighted by atomic mass is 9.91. The molecule has 186 valence electrons. The van der Waals surface area contributed by atoms with E-state index in [0.717, 1.165) is 23.4 Å². The molecule has 0 atom stereocenters. The minimum Gasteiger partial charge on any atom is -0.310 e. The van der Waals surface area contributed by atoms with Crippen LogP contribution < -0.4 is 5.32 Å². The molecule has 6 nitrogen and oxygen atoms in total. The number of nitrogens with one attached hydrogen (secondary N) is 1. The van der Waals surface area contributed by atoms with E-state index in [1.165, 1.54) is 6.21 Å². The molecule has 1 aliphatic rings. The number of Topliss-reactive ketones (excluding diaryl/α,β-unsaturated/α-hetero) is 1. The predicted octanol–water partition coefficient (Wildman–Crippen LogP) is 6.27. The van der Waals surface area contributed by atoms with Gasteiger partial charge in [-0.05, 0) is 17.7 Å². The van der Waals surface area contributed by atoms with Gasteiger partial charge in [-0.2, -0.15) is 18.3 Å². The Hall–Kier alpha value is -2.65. The van der Waals surface area contributed by atoms with Crippen LogP contribution in [0.3, 0.4) is 0 Å². The number of allylic oxidation sites excluding steroid dienone is 9. The molecule has 0 spiro atoms. The largest absolute Gasteiger partial charge is 0.433 e. The van der Waals surface area contributed by atoms with E-state index in [9.17, 15) is 22.8 Å². The number of nitrogens with zero attached hydrogens (tertiary/aromatic N) is 3. The lowest BCUT2D eigenvalue weighted by molar-refractivity contribution is -0.126. The van der Waals surface area contributed by atoms with Crippen LogP contribution in [-0.4, -0.2) is 47.9 Å². The molecule has 0 radical (unpaired) electrons. The maximum absolute atomic E-state index is 12.8. The van der Waals surface area contributed by atoms with Crippen molar-refractivity contribution < 1.29 is 22.8 Å². The van der Waals surface area contributed by atoms with Crippen LogP contribution in [0, 0.1) is 5.41 Å². The highest BCUT2D eigenvalue weighted by Gasteiger charge is 2.33. The summed E-state index contributed by atoms with van der Waals surface area (Å²) in [4.78, 5) is 28.6. The predicted molar refractivity (Wildman–Crippen MR) is 131 cm³/mol. The molecule has 34 heavy (non-hydrogen) atoms. The van der Waals surface area contributed by atoms with Gasteiger partial charge in [-0.1, -0.05) is 57.2 Å². The lowest BCUT2D eigenvalue weighted by Crippen LogP contribution is -2.42. The van der Waals surface area contributed by atoms with Crippen molar-refractivity contribution in [1.82, 2.24) is 10.3 Å². The number of halogens is 5. The first-order chi connectivity index (χ1) is 15.7. The molecule has 0 saturated heterocycles. The Bertz CT molecular complexity index is 956. The monoisotopic (exact) mass is 518 g/mol. The van der Waals surface area contributed by atoms with Gasteiger partial charge in [0.05, 0.1) is 6.21 Å². The average molecular weight is 519 g/mol. The smallest absolute Gasteiger partial charge is 0.310 e. The molecular weight excluding hydrogens is 492 g/mol. The first-order valence-electron chi connectivity index (χ1n) is 10.2. The highest BCUT2D eigenvalue weighted by molar-refractivity contribution is 6.30. The number of ketones is 1. The molecule has 2 amide bonds. The van der Waals surface area contributed by atoms with Gasteiger partial charge in [0.25, 0.3) is 0 Å². The Kier molecular flexibility index (Phi) is 11.5. The zero-order chi connectivity index (χ0) is 25.9. The SMILES string of the molecule is C=C(/C=C\C/C(Cl)=C\CCl)/C=N/N(CC(=O)C(C)(C)C)C(=O)NC1=CC=C(C(F)(F)F)N=CC1. The number of hydrogen-bond acceptors (Lipinski definition) is 4. The summed E-state index contributed by atoms with van der Waals surface area (Å²) in [6, 6.07) is -0.790. The van der Waals surface area contributed by atoms with Crippen molar-refractivity contribution in [2.45, 2.75) is 39.8 Å². The van der Waals surface area contributed by atoms with Gasteiger partial charge in [0.1, 0.15) is 12.2 Å². The van der Waals surface area contributed by atoms with Crippen molar-refractivity contribution in [3.63, 3.8) is 0 Å². The van der Waals surface area contributed by atoms with Crippen LogP contribution in [0.4, 0.5) is 18.0 Å². The summed E-state index contributed by atoms with van der Waals surface area (Å²) < 4.78 is 38.5. The van der Waals surface area contributed by atoms with Crippen LogP contribution in [0.1, 0.15) is 33.6 Å². The number of urea groups is 1. The topological polar surface area (TPSA) is 74.1 Å². The van der Waals surface area contributed by atoms with Crippen molar-refractivity contribution in [2.75, 3.05) is 12.4 Å². The molecular formula is C23H27Cl2F3N4O2. The number of rotatable bonds is 9. The second-order valence-corrected chi connectivity index (χ2v) is 8.94. The number of carbonyl (C=O) groups is 2. The molecule has 0 aromatic rings. The maximum atomic E-state index is 12.8. The summed E-state index contributed by atoms with van der Waals surface area (Å²) >= 11 is 11.5. The fourth-order valence-electron chi connectivity index (χ4n) is 2.21. The van der Waals surface area contributed by atoms with Crippen LogP contribution in [0.25, 0.3) is 0 Å². The molecule has 0 saturated carbocycles. The molecule has 1 N–H and O–H groups in total. The first kappa shape index (κ1) is 29.4. The van der Waals surface area contributed by atoms with Crippen molar-refractivity contribution >= 4 is 47.4 Å². The standard InChI is InChI=1S/C23H27Cl2F3N4O2/c1-16(6-5-7-17(25)10-12-24)14-30-32(15-20(33)22(2,3)4)21(34)31-18-8-9-19(23(26,27)28)29-13-11-18/h5-6,8-10,13-14H,1,7,11-12,15H2,2-4H3,(H,31,34)/b6-5-,17-10+,30-14+. The fraction of sp³-hybridized carbons (Fsp3) is 0.391. The normalized spacial score (nSPS) is 15.2. The van der Waals surface area contributed by atoms with Crippen molar-refractivity contribution in [3.05, 3.63) is 59.0 Å². The summed E-state index contributed by atoms with van der Waals surface area (Å²) in [5.41, 5.74) is -1.24. The molecule has 11 heteroatoms. The van der Waals surface area contributed by atoms with Gasteiger partial charge in [-0.25, -0.2) is 9.80 Å². The summed E-state index contributed by atoms with van der Waals surface area (Å²) in [5.74, 6) is 0.0194. The van der Waals surface area contributed by atoms with Gasteiger partial charge >= 0.3 is 12.2 Å². The molecule has 0 aromatic carbocycles. The maximum Gasteiger partial charge on any atom is 0.433 e. The molecule has 0 aromatic heterocycles. The Morgan fingerprint density at radius 1 is 1.29 bits per heavy atom. The summed E-state index contributed by atoms with van der Waals surface area (Å²) in [5, 5.41) is 7.98. The third-order valence-electron chi connectivity index (χ3n) is 4.21. The third-order valence-corrected chi connectivity index (χ3v) is 4.68. The average Bonchev–Trinajstić information content (AvgIpc) is 2.96. The van der Waals surface area contributed by atoms with Gasteiger partial charge in [0, 0.05) is 41.1 Å². The van der Waals surface area contributed by atoms with Gasteiger partial charge in [0.15, 0.2) is 5.78 Å². The molecule has 0 aliphatic carbocycles. The minimum absolute atomic E-state index is 0.0430. The fourth-order valence-corrected chi connectivity index (χ4v) is 2.64. The molecule has 1 heterocycles. The summed E-state index contributed by atoms with van der Waals surface area (Å²) in [6.07, 6.45) is 4.99. The van der Waals surface area contributed by atoms with Gasteiger partial charge < -0.3 is 5.32 Å². The molecule has 0 fully saturated rings. The van der Waals surface area contributed by atoms with Gasteiger partial charge in [0.2, 0.25) is 0 Å².